The molecular formula is C26H41NO3S. The Morgan fingerprint density at radius 1 is 1.06 bits per heavy atom. The number of rotatable bonds is 3. The van der Waals surface area contributed by atoms with Crippen molar-refractivity contribution < 1.29 is 15.0 Å². The van der Waals surface area contributed by atoms with Crippen LogP contribution in [0.3, 0.4) is 0 Å². The standard InChI is InChI=1S/C26H41NO3S/c1-14(10-22-20(29)13-23(27)31-22)17-4-5-18-24-19(7-9-26(17,18)3)25(2)8-6-16(28)11-15(25)12-21(24)30/h14-19,21-22,24,27-28,30H,4-13H2,1-3H3/t14-,15+,16-,17?,18?,19?,21?,22-,24?,25+,26-/m1/s1. The number of fused-ring (bicyclic) bond motifs is 5. The maximum atomic E-state index is 12.3. The van der Waals surface area contributed by atoms with Crippen LogP contribution in [0.4, 0.5) is 0 Å². The van der Waals surface area contributed by atoms with Gasteiger partial charge >= 0.3 is 0 Å². The molecule has 5 heteroatoms. The van der Waals surface area contributed by atoms with Crippen LogP contribution in [-0.4, -0.2) is 38.5 Å². The van der Waals surface area contributed by atoms with Crippen molar-refractivity contribution in [1.29, 1.82) is 5.41 Å². The highest BCUT2D eigenvalue weighted by Gasteiger charge is 2.63. The number of ketones is 1. The summed E-state index contributed by atoms with van der Waals surface area (Å²) in [6.45, 7) is 7.32. The maximum Gasteiger partial charge on any atom is 0.152 e. The number of nitrogens with one attached hydrogen (secondary N) is 1. The van der Waals surface area contributed by atoms with Gasteiger partial charge in [0.1, 0.15) is 0 Å². The second-order valence-corrected chi connectivity index (χ2v) is 13.6. The summed E-state index contributed by atoms with van der Waals surface area (Å²) in [4.78, 5) is 12.3. The fourth-order valence-corrected chi connectivity index (χ4v) is 10.6. The molecule has 4 saturated carbocycles. The molecule has 0 amide bonds. The van der Waals surface area contributed by atoms with E-state index in [0.717, 1.165) is 32.1 Å². The van der Waals surface area contributed by atoms with Crippen LogP contribution in [0.1, 0.15) is 85.0 Å². The summed E-state index contributed by atoms with van der Waals surface area (Å²) >= 11 is 1.49. The monoisotopic (exact) mass is 447 g/mol. The molecule has 3 N–H and O–H groups in total. The zero-order valence-corrected chi connectivity index (χ0v) is 20.3. The van der Waals surface area contributed by atoms with Gasteiger partial charge in [0.25, 0.3) is 0 Å². The number of carbonyl (C=O) groups is 1. The van der Waals surface area contributed by atoms with Crippen LogP contribution in [-0.2, 0) is 4.79 Å². The molecule has 5 unspecified atom stereocenters. The summed E-state index contributed by atoms with van der Waals surface area (Å²) < 4.78 is 0. The van der Waals surface area contributed by atoms with Crippen molar-refractivity contribution in [2.24, 2.45) is 46.3 Å². The maximum absolute atomic E-state index is 12.3. The van der Waals surface area contributed by atoms with Gasteiger partial charge in [-0.2, -0.15) is 0 Å². The van der Waals surface area contributed by atoms with Crippen LogP contribution in [0.2, 0.25) is 0 Å². The second-order valence-electron chi connectivity index (χ2n) is 12.3. The zero-order valence-electron chi connectivity index (χ0n) is 19.5. The zero-order chi connectivity index (χ0) is 22.1. The quantitative estimate of drug-likeness (QED) is 0.565. The van der Waals surface area contributed by atoms with Crippen molar-refractivity contribution in [1.82, 2.24) is 0 Å². The highest BCUT2D eigenvalue weighted by atomic mass is 32.2. The molecular weight excluding hydrogens is 406 g/mol. The van der Waals surface area contributed by atoms with E-state index in [9.17, 15) is 15.0 Å². The first-order valence-corrected chi connectivity index (χ1v) is 13.6. The number of hydrogen-bond acceptors (Lipinski definition) is 5. The molecule has 0 radical (unpaired) electrons. The minimum Gasteiger partial charge on any atom is -0.393 e. The van der Waals surface area contributed by atoms with Gasteiger partial charge in [0.15, 0.2) is 5.78 Å². The summed E-state index contributed by atoms with van der Waals surface area (Å²) in [7, 11) is 0. The number of aliphatic hydroxyl groups excluding tert-OH is 2. The Labute approximate surface area is 191 Å². The van der Waals surface area contributed by atoms with E-state index in [1.807, 2.05) is 0 Å². The molecule has 1 saturated heterocycles. The molecule has 1 heterocycles. The Bertz CT molecular complexity index is 757. The minimum absolute atomic E-state index is 0.00454. The number of aliphatic hydroxyl groups is 2. The Morgan fingerprint density at radius 3 is 2.48 bits per heavy atom. The molecule has 11 atom stereocenters. The van der Waals surface area contributed by atoms with Crippen molar-refractivity contribution in [3.63, 3.8) is 0 Å². The lowest BCUT2D eigenvalue weighted by molar-refractivity contribution is -0.174. The molecule has 5 aliphatic rings. The van der Waals surface area contributed by atoms with E-state index in [2.05, 4.69) is 20.8 Å². The first kappa shape index (κ1) is 22.4. The topological polar surface area (TPSA) is 81.4 Å². The van der Waals surface area contributed by atoms with E-state index in [0.29, 0.717) is 47.0 Å². The molecule has 5 fully saturated rings. The SMILES string of the molecule is C[C@H](C[C@H]1SC(=N)CC1=O)C1CCC2C3C(O)C[C@@H]4C[C@H](O)CC[C@]4(C)C3CC[C@@]21C. The van der Waals surface area contributed by atoms with Gasteiger partial charge in [0.05, 0.1) is 28.9 Å². The van der Waals surface area contributed by atoms with Gasteiger partial charge in [-0.3, -0.25) is 10.2 Å². The van der Waals surface area contributed by atoms with E-state index < -0.39 is 0 Å². The fourth-order valence-electron chi connectivity index (χ4n) is 9.41. The summed E-state index contributed by atoms with van der Waals surface area (Å²) in [5.74, 6) is 3.42. The predicted octanol–water partition coefficient (Wildman–Crippen LogP) is 5.06. The Morgan fingerprint density at radius 2 is 1.77 bits per heavy atom. The van der Waals surface area contributed by atoms with Crippen molar-refractivity contribution in [2.45, 2.75) is 102 Å². The van der Waals surface area contributed by atoms with Crippen LogP contribution >= 0.6 is 11.8 Å². The summed E-state index contributed by atoms with van der Waals surface area (Å²) in [6.07, 6.45) is 9.54. The van der Waals surface area contributed by atoms with Gasteiger partial charge in [0.2, 0.25) is 0 Å². The lowest BCUT2D eigenvalue weighted by Crippen LogP contribution is -2.58. The molecule has 0 bridgehead atoms. The predicted molar refractivity (Wildman–Crippen MR) is 125 cm³/mol. The van der Waals surface area contributed by atoms with Crippen molar-refractivity contribution in [2.75, 3.05) is 0 Å². The van der Waals surface area contributed by atoms with Crippen LogP contribution in [0, 0.1) is 51.7 Å². The van der Waals surface area contributed by atoms with Gasteiger partial charge < -0.3 is 10.2 Å². The van der Waals surface area contributed by atoms with Gasteiger partial charge in [-0.25, -0.2) is 0 Å². The van der Waals surface area contributed by atoms with Gasteiger partial charge in [-0.1, -0.05) is 32.5 Å². The molecule has 174 valence electrons. The second kappa shape index (κ2) is 7.84. The van der Waals surface area contributed by atoms with Crippen LogP contribution in [0.5, 0.6) is 0 Å². The van der Waals surface area contributed by atoms with E-state index >= 15 is 0 Å². The lowest BCUT2D eigenvalue weighted by atomic mass is 9.43. The summed E-state index contributed by atoms with van der Waals surface area (Å²) in [6, 6.07) is 0. The van der Waals surface area contributed by atoms with Crippen LogP contribution in [0.25, 0.3) is 0 Å². The normalized spacial score (nSPS) is 53.1. The summed E-state index contributed by atoms with van der Waals surface area (Å²) in [5, 5.41) is 30.1. The molecule has 5 rings (SSSR count). The average Bonchev–Trinajstić information content (AvgIpc) is 3.21. The number of carbonyl (C=O) groups excluding carboxylic acids is 1. The third-order valence-electron chi connectivity index (χ3n) is 11.0. The van der Waals surface area contributed by atoms with Gasteiger partial charge in [-0.15, -0.1) is 0 Å². The van der Waals surface area contributed by atoms with Crippen molar-refractivity contribution in [3.8, 4) is 0 Å². The average molecular weight is 448 g/mol. The molecule has 4 nitrogen and oxygen atoms in total. The number of hydrogen-bond donors (Lipinski definition) is 3. The number of thioether (sulfide) groups is 1. The van der Waals surface area contributed by atoms with Crippen molar-refractivity contribution >= 4 is 22.6 Å². The van der Waals surface area contributed by atoms with E-state index in [4.69, 9.17) is 5.41 Å². The third kappa shape index (κ3) is 3.47. The largest absolute Gasteiger partial charge is 0.393 e. The molecule has 0 aromatic heterocycles. The Kier molecular flexibility index (Phi) is 5.66. The molecule has 0 spiro atoms. The first-order chi connectivity index (χ1) is 14.6. The fraction of sp³-hybridized carbons (Fsp3) is 0.923. The Balaban J connectivity index is 1.35. The molecule has 0 aromatic rings. The van der Waals surface area contributed by atoms with Crippen molar-refractivity contribution in [3.05, 3.63) is 0 Å². The molecule has 4 aliphatic carbocycles. The summed E-state index contributed by atoms with van der Waals surface area (Å²) in [5.41, 5.74) is 0.542. The molecule has 1 aliphatic heterocycles. The Hall–Kier alpha value is -0.390. The smallest absolute Gasteiger partial charge is 0.152 e. The van der Waals surface area contributed by atoms with Gasteiger partial charge in [0, 0.05) is 0 Å². The van der Waals surface area contributed by atoms with E-state index in [1.54, 1.807) is 0 Å². The highest BCUT2D eigenvalue weighted by molar-refractivity contribution is 8.15. The van der Waals surface area contributed by atoms with Crippen LogP contribution in [0.15, 0.2) is 0 Å². The van der Waals surface area contributed by atoms with Gasteiger partial charge in [-0.05, 0) is 104 Å². The molecule has 0 aromatic carbocycles. The van der Waals surface area contributed by atoms with E-state index in [-0.39, 0.29) is 34.1 Å². The number of Topliss-reactive ketones (excluding diaryl/α,β-unsaturated/α-hetero) is 1. The highest BCUT2D eigenvalue weighted by Crippen LogP contribution is 2.68. The first-order valence-electron chi connectivity index (χ1n) is 12.8. The lowest BCUT2D eigenvalue weighted by Gasteiger charge is -2.62. The van der Waals surface area contributed by atoms with Crippen LogP contribution < -0.4 is 0 Å². The third-order valence-corrected chi connectivity index (χ3v) is 12.1. The molecule has 31 heavy (non-hydrogen) atoms. The van der Waals surface area contributed by atoms with E-state index in [1.165, 1.54) is 37.4 Å². The minimum atomic E-state index is -0.223.